The van der Waals surface area contributed by atoms with Gasteiger partial charge in [-0.3, -0.25) is 4.79 Å². The van der Waals surface area contributed by atoms with E-state index in [-0.39, 0.29) is 5.91 Å². The molecule has 0 aliphatic heterocycles. The van der Waals surface area contributed by atoms with Crippen molar-refractivity contribution < 1.29 is 14.3 Å². The molecule has 0 aliphatic rings. The predicted octanol–water partition coefficient (Wildman–Crippen LogP) is 3.36. The van der Waals surface area contributed by atoms with Gasteiger partial charge in [-0.1, -0.05) is 18.2 Å². The molecule has 0 spiro atoms. The number of esters is 1. The first kappa shape index (κ1) is 15.5. The number of nitrogens with one attached hydrogen (secondary N) is 1. The number of carbonyl (C=O) groups excluding carboxylic acids is 2. The van der Waals surface area contributed by atoms with Gasteiger partial charge in [-0.05, 0) is 33.8 Å². The van der Waals surface area contributed by atoms with Gasteiger partial charge in [0, 0.05) is 15.5 Å². The van der Waals surface area contributed by atoms with Gasteiger partial charge in [0.2, 0.25) is 0 Å². The molecule has 0 fully saturated rings. The molecule has 0 radical (unpaired) electrons. The molecular weight excluding hydrogens is 286 g/mol. The fraction of sp³-hybridized carbons (Fsp3) is 0.375. The highest BCUT2D eigenvalue weighted by atomic mass is 32.1. The van der Waals surface area contributed by atoms with Crippen LogP contribution in [0.3, 0.4) is 0 Å². The maximum absolute atomic E-state index is 12.3. The second-order valence-electron chi connectivity index (χ2n) is 5.87. The topological polar surface area (TPSA) is 55.4 Å². The van der Waals surface area contributed by atoms with E-state index in [1.54, 1.807) is 27.7 Å². The molecule has 1 atom stereocenters. The molecule has 2 rings (SSSR count). The fourth-order valence-corrected chi connectivity index (χ4v) is 2.82. The van der Waals surface area contributed by atoms with Crippen LogP contribution in [0.15, 0.2) is 29.6 Å². The lowest BCUT2D eigenvalue weighted by Gasteiger charge is -2.22. The minimum absolute atomic E-state index is 0.259. The van der Waals surface area contributed by atoms with E-state index in [0.29, 0.717) is 5.56 Å². The van der Waals surface area contributed by atoms with Crippen LogP contribution in [-0.2, 0) is 9.53 Å². The molecule has 2 aromatic rings. The van der Waals surface area contributed by atoms with Crippen molar-refractivity contribution in [2.75, 3.05) is 0 Å². The lowest BCUT2D eigenvalue weighted by atomic mass is 10.1. The maximum Gasteiger partial charge on any atom is 0.328 e. The summed E-state index contributed by atoms with van der Waals surface area (Å²) < 4.78 is 6.30. The number of carbonyl (C=O) groups is 2. The molecular formula is C16H19NO3S. The van der Waals surface area contributed by atoms with Crippen LogP contribution in [-0.4, -0.2) is 23.5 Å². The molecule has 112 valence electrons. The summed E-state index contributed by atoms with van der Waals surface area (Å²) in [6.45, 7) is 7.02. The van der Waals surface area contributed by atoms with Crippen LogP contribution in [0.4, 0.5) is 0 Å². The zero-order chi connectivity index (χ0) is 15.6. The van der Waals surface area contributed by atoms with Crippen LogP contribution < -0.4 is 5.32 Å². The molecule has 1 heterocycles. The summed E-state index contributed by atoms with van der Waals surface area (Å²) in [5.74, 6) is -0.693. The molecule has 1 aromatic carbocycles. The molecule has 0 aliphatic carbocycles. The van der Waals surface area contributed by atoms with Crippen molar-refractivity contribution >= 4 is 33.3 Å². The van der Waals surface area contributed by atoms with E-state index >= 15 is 0 Å². The number of thiophene rings is 1. The Labute approximate surface area is 128 Å². The Morgan fingerprint density at radius 3 is 2.57 bits per heavy atom. The summed E-state index contributed by atoms with van der Waals surface area (Å²) in [5.41, 5.74) is 0.0246. The normalized spacial score (nSPS) is 13.0. The van der Waals surface area contributed by atoms with Gasteiger partial charge in [0.15, 0.2) is 0 Å². The minimum Gasteiger partial charge on any atom is -0.458 e. The van der Waals surface area contributed by atoms with E-state index in [1.807, 2.05) is 29.6 Å². The monoisotopic (exact) mass is 305 g/mol. The second kappa shape index (κ2) is 5.85. The standard InChI is InChI=1S/C16H19NO3S/c1-10(15(19)20-16(2,3)4)17-14(18)12-9-21-13-8-6-5-7-11(12)13/h5-10H,1-4H3,(H,17,18)/t10-/m0/s1. The third-order valence-corrected chi connectivity index (χ3v) is 3.80. The van der Waals surface area contributed by atoms with Gasteiger partial charge in [0.1, 0.15) is 11.6 Å². The van der Waals surface area contributed by atoms with Crippen LogP contribution in [0.5, 0.6) is 0 Å². The highest BCUT2D eigenvalue weighted by Crippen LogP contribution is 2.25. The quantitative estimate of drug-likeness (QED) is 0.885. The molecule has 1 N–H and O–H groups in total. The smallest absolute Gasteiger partial charge is 0.328 e. The molecule has 0 unspecified atom stereocenters. The lowest BCUT2D eigenvalue weighted by Crippen LogP contribution is -2.42. The Balaban J connectivity index is 2.09. The van der Waals surface area contributed by atoms with Crippen LogP contribution in [0.2, 0.25) is 0 Å². The SMILES string of the molecule is C[C@H](NC(=O)c1csc2ccccc12)C(=O)OC(C)(C)C. The van der Waals surface area contributed by atoms with E-state index in [1.165, 1.54) is 11.3 Å². The Bertz CT molecular complexity index is 669. The van der Waals surface area contributed by atoms with Gasteiger partial charge in [0.25, 0.3) is 5.91 Å². The summed E-state index contributed by atoms with van der Waals surface area (Å²) in [7, 11) is 0. The van der Waals surface area contributed by atoms with Gasteiger partial charge in [-0.15, -0.1) is 11.3 Å². The number of fused-ring (bicyclic) bond motifs is 1. The van der Waals surface area contributed by atoms with E-state index in [9.17, 15) is 9.59 Å². The van der Waals surface area contributed by atoms with Crippen LogP contribution in [0.1, 0.15) is 38.1 Å². The highest BCUT2D eigenvalue weighted by Gasteiger charge is 2.24. The highest BCUT2D eigenvalue weighted by molar-refractivity contribution is 7.17. The molecule has 0 saturated carbocycles. The number of rotatable bonds is 3. The molecule has 4 nitrogen and oxygen atoms in total. The van der Waals surface area contributed by atoms with Crippen molar-refractivity contribution in [1.29, 1.82) is 0 Å². The summed E-state index contributed by atoms with van der Waals surface area (Å²) in [4.78, 5) is 24.2. The lowest BCUT2D eigenvalue weighted by molar-refractivity contribution is -0.156. The van der Waals surface area contributed by atoms with Gasteiger partial charge in [-0.2, -0.15) is 0 Å². The maximum atomic E-state index is 12.3. The molecule has 5 heteroatoms. The zero-order valence-electron chi connectivity index (χ0n) is 12.6. The summed E-state index contributed by atoms with van der Waals surface area (Å²) >= 11 is 1.51. The first-order chi connectivity index (χ1) is 9.78. The zero-order valence-corrected chi connectivity index (χ0v) is 13.4. The Morgan fingerprint density at radius 2 is 1.90 bits per heavy atom. The van der Waals surface area contributed by atoms with Crippen molar-refractivity contribution in [1.82, 2.24) is 5.32 Å². The first-order valence-corrected chi connectivity index (χ1v) is 7.66. The van der Waals surface area contributed by atoms with Crippen LogP contribution in [0.25, 0.3) is 10.1 Å². The molecule has 1 aromatic heterocycles. The second-order valence-corrected chi connectivity index (χ2v) is 6.79. The molecule has 0 saturated heterocycles. The average molecular weight is 305 g/mol. The number of amides is 1. The number of benzene rings is 1. The van der Waals surface area contributed by atoms with Crippen LogP contribution in [0, 0.1) is 0 Å². The van der Waals surface area contributed by atoms with E-state index in [2.05, 4.69) is 5.32 Å². The number of hydrogen-bond acceptors (Lipinski definition) is 4. The van der Waals surface area contributed by atoms with Crippen LogP contribution >= 0.6 is 11.3 Å². The van der Waals surface area contributed by atoms with E-state index in [4.69, 9.17) is 4.74 Å². The summed E-state index contributed by atoms with van der Waals surface area (Å²) in [5, 5.41) is 5.40. The van der Waals surface area contributed by atoms with Gasteiger partial charge < -0.3 is 10.1 Å². The average Bonchev–Trinajstić information content (AvgIpc) is 2.80. The van der Waals surface area contributed by atoms with Crippen molar-refractivity contribution in [2.24, 2.45) is 0 Å². The number of ether oxygens (including phenoxy) is 1. The van der Waals surface area contributed by atoms with Crippen molar-refractivity contribution in [3.05, 3.63) is 35.2 Å². The van der Waals surface area contributed by atoms with Gasteiger partial charge in [0.05, 0.1) is 5.56 Å². The summed E-state index contributed by atoms with van der Waals surface area (Å²) in [6, 6.07) is 7.01. The van der Waals surface area contributed by atoms with Crippen molar-refractivity contribution in [2.45, 2.75) is 39.3 Å². The largest absolute Gasteiger partial charge is 0.458 e. The number of hydrogen-bond donors (Lipinski definition) is 1. The van der Waals surface area contributed by atoms with Gasteiger partial charge in [-0.25, -0.2) is 4.79 Å². The minimum atomic E-state index is -0.685. The van der Waals surface area contributed by atoms with E-state index in [0.717, 1.165) is 10.1 Å². The third kappa shape index (κ3) is 3.82. The Kier molecular flexibility index (Phi) is 4.32. The summed E-state index contributed by atoms with van der Waals surface area (Å²) in [6.07, 6.45) is 0. The predicted molar refractivity (Wildman–Crippen MR) is 84.6 cm³/mol. The van der Waals surface area contributed by atoms with Gasteiger partial charge >= 0.3 is 5.97 Å². The third-order valence-electron chi connectivity index (χ3n) is 2.83. The first-order valence-electron chi connectivity index (χ1n) is 6.78. The molecule has 0 bridgehead atoms. The Hall–Kier alpha value is -1.88. The fourth-order valence-electron chi connectivity index (χ4n) is 1.88. The molecule has 1 amide bonds. The molecule has 21 heavy (non-hydrogen) atoms. The Morgan fingerprint density at radius 1 is 1.24 bits per heavy atom. The van der Waals surface area contributed by atoms with E-state index < -0.39 is 17.6 Å². The van der Waals surface area contributed by atoms with Crippen molar-refractivity contribution in [3.63, 3.8) is 0 Å². The van der Waals surface area contributed by atoms with Crippen molar-refractivity contribution in [3.8, 4) is 0 Å².